The minimum Gasteiger partial charge on any atom is -0.399 e. The summed E-state index contributed by atoms with van der Waals surface area (Å²) in [6.07, 6.45) is -4.36. The first-order valence-corrected chi connectivity index (χ1v) is 5.71. The highest BCUT2D eigenvalue weighted by Crippen LogP contribution is 2.34. The minimum atomic E-state index is -4.36. The molecule has 0 aliphatic carbocycles. The summed E-state index contributed by atoms with van der Waals surface area (Å²) in [5.41, 5.74) is 6.45. The Morgan fingerprint density at radius 1 is 0.947 bits per heavy atom. The molecule has 0 saturated carbocycles. The Morgan fingerprint density at radius 2 is 1.58 bits per heavy atom. The fraction of sp³-hybridized carbons (Fsp3) is 0.143. The molecule has 0 aromatic heterocycles. The molecule has 19 heavy (non-hydrogen) atoms. The number of anilines is 2. The first-order chi connectivity index (χ1) is 8.97. The van der Waals surface area contributed by atoms with Gasteiger partial charge in [0.1, 0.15) is 0 Å². The molecule has 0 amide bonds. The summed E-state index contributed by atoms with van der Waals surface area (Å²) in [5.74, 6) is 0. The molecule has 0 heterocycles. The van der Waals surface area contributed by atoms with Gasteiger partial charge in [0.25, 0.3) is 0 Å². The van der Waals surface area contributed by atoms with E-state index in [-0.39, 0.29) is 5.69 Å². The van der Waals surface area contributed by atoms with Crippen molar-refractivity contribution in [2.24, 2.45) is 0 Å². The molecule has 0 radical (unpaired) electrons. The van der Waals surface area contributed by atoms with Gasteiger partial charge in [-0.3, -0.25) is 0 Å². The zero-order valence-electron chi connectivity index (χ0n) is 10.0. The number of nitrogen functional groups attached to an aromatic ring is 1. The highest BCUT2D eigenvalue weighted by Gasteiger charge is 2.32. The number of hydrogen-bond acceptors (Lipinski definition) is 2. The number of rotatable bonds is 3. The van der Waals surface area contributed by atoms with Crippen molar-refractivity contribution >= 4 is 11.4 Å². The Kier molecular flexibility index (Phi) is 3.64. The summed E-state index contributed by atoms with van der Waals surface area (Å²) in [7, 11) is 0. The monoisotopic (exact) mass is 266 g/mol. The smallest absolute Gasteiger partial charge is 0.399 e. The van der Waals surface area contributed by atoms with Crippen LogP contribution in [0.3, 0.4) is 0 Å². The van der Waals surface area contributed by atoms with Gasteiger partial charge < -0.3 is 11.1 Å². The molecule has 100 valence electrons. The van der Waals surface area contributed by atoms with Gasteiger partial charge in [-0.05, 0) is 29.8 Å². The number of benzene rings is 2. The van der Waals surface area contributed by atoms with E-state index in [2.05, 4.69) is 5.32 Å². The average Bonchev–Trinajstić information content (AvgIpc) is 2.37. The molecule has 0 unspecified atom stereocenters. The van der Waals surface area contributed by atoms with Crippen molar-refractivity contribution in [3.63, 3.8) is 0 Å². The second-order valence-electron chi connectivity index (χ2n) is 4.14. The van der Waals surface area contributed by atoms with Crippen LogP contribution in [-0.2, 0) is 12.7 Å². The van der Waals surface area contributed by atoms with Gasteiger partial charge in [-0.25, -0.2) is 0 Å². The molecule has 5 heteroatoms. The molecule has 2 rings (SSSR count). The number of hydrogen-bond donors (Lipinski definition) is 2. The summed E-state index contributed by atoms with van der Waals surface area (Å²) in [5, 5.41) is 2.79. The van der Waals surface area contributed by atoms with E-state index in [9.17, 15) is 13.2 Å². The summed E-state index contributed by atoms with van der Waals surface area (Å²) in [4.78, 5) is 0. The molecule has 0 aliphatic heterocycles. The lowest BCUT2D eigenvalue weighted by Gasteiger charge is -2.14. The summed E-state index contributed by atoms with van der Waals surface area (Å²) < 4.78 is 38.3. The van der Waals surface area contributed by atoms with E-state index in [1.807, 2.05) is 0 Å². The topological polar surface area (TPSA) is 38.0 Å². The summed E-state index contributed by atoms with van der Waals surface area (Å²) in [6.45, 7) is 0.313. The fourth-order valence-electron chi connectivity index (χ4n) is 1.72. The van der Waals surface area contributed by atoms with Gasteiger partial charge in [0.2, 0.25) is 0 Å². The average molecular weight is 266 g/mol. The van der Waals surface area contributed by atoms with Gasteiger partial charge in [-0.15, -0.1) is 0 Å². The maximum atomic E-state index is 12.8. The van der Waals surface area contributed by atoms with Crippen LogP contribution in [-0.4, -0.2) is 0 Å². The number of alkyl halides is 3. The number of halogens is 3. The van der Waals surface area contributed by atoms with Crippen molar-refractivity contribution in [1.82, 2.24) is 0 Å². The summed E-state index contributed by atoms with van der Waals surface area (Å²) >= 11 is 0. The van der Waals surface area contributed by atoms with Gasteiger partial charge in [0.15, 0.2) is 0 Å². The van der Waals surface area contributed by atoms with E-state index in [0.29, 0.717) is 12.2 Å². The third kappa shape index (κ3) is 3.40. The number of para-hydroxylation sites is 1. The van der Waals surface area contributed by atoms with Crippen LogP contribution >= 0.6 is 0 Å². The normalized spacial score (nSPS) is 11.3. The van der Waals surface area contributed by atoms with E-state index in [1.165, 1.54) is 12.1 Å². The van der Waals surface area contributed by atoms with Crippen molar-refractivity contribution in [1.29, 1.82) is 0 Å². The van der Waals surface area contributed by atoms with Crippen LogP contribution in [0.2, 0.25) is 0 Å². The Bertz CT molecular complexity index is 547. The molecular weight excluding hydrogens is 253 g/mol. The first kappa shape index (κ1) is 13.3. The van der Waals surface area contributed by atoms with Crippen molar-refractivity contribution < 1.29 is 13.2 Å². The lowest BCUT2D eigenvalue weighted by Crippen LogP contribution is -2.10. The van der Waals surface area contributed by atoms with Gasteiger partial charge in [-0.2, -0.15) is 13.2 Å². The number of nitrogens with one attached hydrogen (secondary N) is 1. The van der Waals surface area contributed by atoms with Crippen LogP contribution in [0.15, 0.2) is 48.5 Å². The van der Waals surface area contributed by atoms with Crippen molar-refractivity contribution in [3.05, 3.63) is 59.7 Å². The van der Waals surface area contributed by atoms with Crippen molar-refractivity contribution in [3.8, 4) is 0 Å². The molecule has 2 aromatic rings. The predicted octanol–water partition coefficient (Wildman–Crippen LogP) is 3.90. The Labute approximate surface area is 109 Å². The SMILES string of the molecule is Nc1ccc(CNc2ccccc2C(F)(F)F)cc1. The molecule has 2 aromatic carbocycles. The molecule has 2 nitrogen and oxygen atoms in total. The summed E-state index contributed by atoms with van der Waals surface area (Å²) in [6, 6.07) is 12.4. The van der Waals surface area contributed by atoms with Crippen LogP contribution in [0.4, 0.5) is 24.5 Å². The molecule has 0 spiro atoms. The van der Waals surface area contributed by atoms with E-state index in [4.69, 9.17) is 5.73 Å². The molecular formula is C14H13F3N2. The second kappa shape index (κ2) is 5.22. The zero-order chi connectivity index (χ0) is 13.9. The maximum Gasteiger partial charge on any atom is 0.418 e. The van der Waals surface area contributed by atoms with Gasteiger partial charge in [0.05, 0.1) is 5.56 Å². The lowest BCUT2D eigenvalue weighted by molar-refractivity contribution is -0.136. The van der Waals surface area contributed by atoms with E-state index in [0.717, 1.165) is 11.6 Å². The van der Waals surface area contributed by atoms with Crippen LogP contribution in [0.5, 0.6) is 0 Å². The third-order valence-electron chi connectivity index (χ3n) is 2.70. The van der Waals surface area contributed by atoms with Gasteiger partial charge in [0, 0.05) is 17.9 Å². The van der Waals surface area contributed by atoms with E-state index >= 15 is 0 Å². The van der Waals surface area contributed by atoms with Crippen LogP contribution < -0.4 is 11.1 Å². The molecule has 0 atom stereocenters. The van der Waals surface area contributed by atoms with Gasteiger partial charge in [-0.1, -0.05) is 24.3 Å². The molecule has 0 bridgehead atoms. The van der Waals surface area contributed by atoms with Crippen LogP contribution in [0.25, 0.3) is 0 Å². The second-order valence-corrected chi connectivity index (χ2v) is 4.14. The molecule has 0 fully saturated rings. The predicted molar refractivity (Wildman–Crippen MR) is 69.6 cm³/mol. The Balaban J connectivity index is 2.14. The maximum absolute atomic E-state index is 12.8. The third-order valence-corrected chi connectivity index (χ3v) is 2.70. The highest BCUT2D eigenvalue weighted by atomic mass is 19.4. The molecule has 3 N–H and O–H groups in total. The first-order valence-electron chi connectivity index (χ1n) is 5.71. The lowest BCUT2D eigenvalue weighted by atomic mass is 10.1. The molecule has 0 aliphatic rings. The standard InChI is InChI=1S/C14H13F3N2/c15-14(16,17)12-3-1-2-4-13(12)19-9-10-5-7-11(18)8-6-10/h1-8,19H,9,18H2. The van der Waals surface area contributed by atoms with Gasteiger partial charge >= 0.3 is 6.18 Å². The minimum absolute atomic E-state index is 0.0758. The number of nitrogens with two attached hydrogens (primary N) is 1. The van der Waals surface area contributed by atoms with E-state index < -0.39 is 11.7 Å². The zero-order valence-corrected chi connectivity index (χ0v) is 10.0. The quantitative estimate of drug-likeness (QED) is 0.827. The molecule has 0 saturated heterocycles. The Hall–Kier alpha value is -2.17. The van der Waals surface area contributed by atoms with Crippen LogP contribution in [0.1, 0.15) is 11.1 Å². The van der Waals surface area contributed by atoms with Crippen molar-refractivity contribution in [2.45, 2.75) is 12.7 Å². The van der Waals surface area contributed by atoms with E-state index in [1.54, 1.807) is 30.3 Å². The Morgan fingerprint density at radius 3 is 2.21 bits per heavy atom. The fourth-order valence-corrected chi connectivity index (χ4v) is 1.72. The largest absolute Gasteiger partial charge is 0.418 e. The van der Waals surface area contributed by atoms with Crippen molar-refractivity contribution in [2.75, 3.05) is 11.1 Å². The van der Waals surface area contributed by atoms with Crippen LogP contribution in [0, 0.1) is 0 Å². The highest BCUT2D eigenvalue weighted by molar-refractivity contribution is 5.53.